The van der Waals surface area contributed by atoms with E-state index in [9.17, 15) is 5.26 Å². The normalized spacial score (nSPS) is 15.8. The molecule has 5 nitrogen and oxygen atoms in total. The predicted octanol–water partition coefficient (Wildman–Crippen LogP) is 5.47. The molecule has 0 saturated heterocycles. The molecular formula is C20H13BrCl2N4O. The van der Waals surface area contributed by atoms with Gasteiger partial charge in [0.15, 0.2) is 0 Å². The number of benzene rings is 2. The molecule has 1 aromatic heterocycles. The monoisotopic (exact) mass is 474 g/mol. The number of fused-ring (bicyclic) bond motifs is 1. The van der Waals surface area contributed by atoms with Crippen molar-refractivity contribution in [2.45, 2.75) is 12.8 Å². The van der Waals surface area contributed by atoms with Crippen LogP contribution in [0, 0.1) is 18.3 Å². The van der Waals surface area contributed by atoms with Gasteiger partial charge >= 0.3 is 0 Å². The number of allylic oxidation sites excluding steroid dienone is 1. The van der Waals surface area contributed by atoms with Gasteiger partial charge in [0.25, 0.3) is 0 Å². The first-order chi connectivity index (χ1) is 13.4. The van der Waals surface area contributed by atoms with Crippen LogP contribution in [-0.2, 0) is 0 Å². The number of aryl methyl sites for hydroxylation is 1. The second-order valence-electron chi connectivity index (χ2n) is 6.28. The minimum absolute atomic E-state index is 0.0317. The summed E-state index contributed by atoms with van der Waals surface area (Å²) in [4.78, 5) is 0. The van der Waals surface area contributed by atoms with E-state index in [0.29, 0.717) is 27.2 Å². The van der Waals surface area contributed by atoms with Crippen LogP contribution in [-0.4, -0.2) is 9.78 Å². The summed E-state index contributed by atoms with van der Waals surface area (Å²) < 4.78 is 8.47. The molecule has 0 bridgehead atoms. The maximum absolute atomic E-state index is 9.74. The first-order valence-corrected chi connectivity index (χ1v) is 9.83. The third kappa shape index (κ3) is 3.06. The van der Waals surface area contributed by atoms with E-state index in [-0.39, 0.29) is 11.5 Å². The van der Waals surface area contributed by atoms with Crippen molar-refractivity contribution >= 4 is 39.1 Å². The third-order valence-electron chi connectivity index (χ3n) is 4.58. The minimum Gasteiger partial charge on any atom is -0.422 e. The highest BCUT2D eigenvalue weighted by Crippen LogP contribution is 2.46. The van der Waals surface area contributed by atoms with E-state index in [2.05, 4.69) is 27.1 Å². The molecule has 0 saturated carbocycles. The fourth-order valence-corrected chi connectivity index (χ4v) is 4.10. The van der Waals surface area contributed by atoms with E-state index in [1.165, 1.54) is 0 Å². The third-order valence-corrected chi connectivity index (χ3v) is 5.67. The molecule has 28 heavy (non-hydrogen) atoms. The highest BCUT2D eigenvalue weighted by atomic mass is 79.9. The molecule has 8 heteroatoms. The molecule has 140 valence electrons. The Labute approximate surface area is 180 Å². The summed E-state index contributed by atoms with van der Waals surface area (Å²) >= 11 is 15.9. The van der Waals surface area contributed by atoms with Crippen molar-refractivity contribution in [3.05, 3.63) is 85.3 Å². The average molecular weight is 476 g/mol. The molecule has 0 fully saturated rings. The zero-order chi connectivity index (χ0) is 20.0. The number of hydrogen-bond donors (Lipinski definition) is 1. The molecule has 2 N–H and O–H groups in total. The van der Waals surface area contributed by atoms with Crippen molar-refractivity contribution in [1.82, 2.24) is 9.78 Å². The van der Waals surface area contributed by atoms with Gasteiger partial charge in [0.2, 0.25) is 11.8 Å². The lowest BCUT2D eigenvalue weighted by atomic mass is 9.84. The fraction of sp³-hybridized carbons (Fsp3) is 0.100. The number of nitrogens with zero attached hydrogens (tertiary/aromatic N) is 3. The first kappa shape index (κ1) is 18.9. The number of nitrogens with two attached hydrogens (primary N) is 1. The Balaban J connectivity index is 1.96. The van der Waals surface area contributed by atoms with Crippen LogP contribution in [0.1, 0.15) is 22.7 Å². The molecule has 4 rings (SSSR count). The fourth-order valence-electron chi connectivity index (χ4n) is 3.32. The van der Waals surface area contributed by atoms with Crippen LogP contribution in [0.5, 0.6) is 5.88 Å². The maximum atomic E-state index is 9.74. The van der Waals surface area contributed by atoms with Crippen molar-refractivity contribution in [2.75, 3.05) is 0 Å². The topological polar surface area (TPSA) is 76.9 Å². The second kappa shape index (κ2) is 7.17. The summed E-state index contributed by atoms with van der Waals surface area (Å²) in [5.74, 6) is -0.000618. The first-order valence-electron chi connectivity index (χ1n) is 8.28. The number of halogens is 3. The van der Waals surface area contributed by atoms with Crippen molar-refractivity contribution in [2.24, 2.45) is 5.73 Å². The van der Waals surface area contributed by atoms with Crippen molar-refractivity contribution in [3.63, 3.8) is 0 Å². The highest BCUT2D eigenvalue weighted by molar-refractivity contribution is 9.10. The number of nitriles is 1. The van der Waals surface area contributed by atoms with Crippen LogP contribution >= 0.6 is 39.1 Å². The summed E-state index contributed by atoms with van der Waals surface area (Å²) in [6.07, 6.45) is 0. The van der Waals surface area contributed by atoms with E-state index in [1.807, 2.05) is 31.2 Å². The van der Waals surface area contributed by atoms with E-state index in [4.69, 9.17) is 33.7 Å². The van der Waals surface area contributed by atoms with Gasteiger partial charge in [-0.25, -0.2) is 4.68 Å². The van der Waals surface area contributed by atoms with Crippen LogP contribution in [0.25, 0.3) is 5.69 Å². The minimum atomic E-state index is -0.497. The van der Waals surface area contributed by atoms with E-state index in [1.54, 1.807) is 22.9 Å². The van der Waals surface area contributed by atoms with Crippen LogP contribution in [0.15, 0.2) is 58.4 Å². The summed E-state index contributed by atoms with van der Waals surface area (Å²) in [6.45, 7) is 1.87. The van der Waals surface area contributed by atoms with Gasteiger partial charge in [-0.15, -0.1) is 0 Å². The Bertz CT molecular complexity index is 1160. The van der Waals surface area contributed by atoms with Gasteiger partial charge in [-0.1, -0.05) is 45.2 Å². The van der Waals surface area contributed by atoms with Gasteiger partial charge in [0, 0.05) is 14.5 Å². The quantitative estimate of drug-likeness (QED) is 0.533. The maximum Gasteiger partial charge on any atom is 0.229 e. The molecule has 0 aliphatic carbocycles. The van der Waals surface area contributed by atoms with Gasteiger partial charge in [-0.3, -0.25) is 0 Å². The molecule has 0 radical (unpaired) electrons. The zero-order valence-corrected chi connectivity index (χ0v) is 17.7. The predicted molar refractivity (Wildman–Crippen MR) is 112 cm³/mol. The molecule has 3 aromatic rings. The largest absolute Gasteiger partial charge is 0.422 e. The Morgan fingerprint density at radius 3 is 2.57 bits per heavy atom. The van der Waals surface area contributed by atoms with Crippen molar-refractivity contribution in [3.8, 4) is 17.6 Å². The zero-order valence-electron chi connectivity index (χ0n) is 14.6. The summed E-state index contributed by atoms with van der Waals surface area (Å²) in [5, 5.41) is 15.3. The lowest BCUT2D eigenvalue weighted by Crippen LogP contribution is -2.22. The van der Waals surface area contributed by atoms with Crippen molar-refractivity contribution < 1.29 is 4.74 Å². The van der Waals surface area contributed by atoms with Gasteiger partial charge in [0.05, 0.1) is 22.9 Å². The molecule has 0 amide bonds. The van der Waals surface area contributed by atoms with Crippen LogP contribution in [0.3, 0.4) is 0 Å². The molecule has 1 atom stereocenters. The Morgan fingerprint density at radius 2 is 1.93 bits per heavy atom. The number of hydrogen-bond acceptors (Lipinski definition) is 4. The number of rotatable bonds is 2. The Kier molecular flexibility index (Phi) is 4.84. The standard InChI is InChI=1S/C20H13BrCl2N4O/c1-10-17-18(14-7-4-12(22)8-16(14)23)15(9-24)19(25)28-20(17)27(26-10)13-5-2-11(21)3-6-13/h2-8,18H,25H2,1H3/t18-/m1/s1. The van der Waals surface area contributed by atoms with Gasteiger partial charge in [-0.2, -0.15) is 10.4 Å². The van der Waals surface area contributed by atoms with Crippen LogP contribution in [0.2, 0.25) is 10.0 Å². The Morgan fingerprint density at radius 1 is 1.21 bits per heavy atom. The number of aromatic nitrogens is 2. The van der Waals surface area contributed by atoms with Crippen LogP contribution < -0.4 is 10.5 Å². The van der Waals surface area contributed by atoms with E-state index in [0.717, 1.165) is 15.7 Å². The summed E-state index contributed by atoms with van der Waals surface area (Å²) in [5.41, 5.74) is 9.39. The molecule has 1 aliphatic rings. The average Bonchev–Trinajstić information content (AvgIpc) is 2.98. The van der Waals surface area contributed by atoms with Crippen LogP contribution in [0.4, 0.5) is 0 Å². The van der Waals surface area contributed by atoms with Gasteiger partial charge in [0.1, 0.15) is 11.6 Å². The number of ether oxygens (including phenoxy) is 1. The molecular weight excluding hydrogens is 463 g/mol. The summed E-state index contributed by atoms with van der Waals surface area (Å²) in [7, 11) is 0. The molecule has 1 aliphatic heterocycles. The lowest BCUT2D eigenvalue weighted by molar-refractivity contribution is 0.367. The van der Waals surface area contributed by atoms with Crippen molar-refractivity contribution in [1.29, 1.82) is 5.26 Å². The summed E-state index contributed by atoms with van der Waals surface area (Å²) in [6, 6.07) is 15.0. The molecule has 2 heterocycles. The smallest absolute Gasteiger partial charge is 0.229 e. The molecule has 2 aromatic carbocycles. The Hall–Kier alpha value is -2.46. The molecule has 0 spiro atoms. The van der Waals surface area contributed by atoms with Gasteiger partial charge < -0.3 is 10.5 Å². The second-order valence-corrected chi connectivity index (χ2v) is 8.04. The SMILES string of the molecule is Cc1nn(-c2ccc(Br)cc2)c2c1[C@H](c1ccc(Cl)cc1Cl)C(C#N)=C(N)O2. The van der Waals surface area contributed by atoms with E-state index < -0.39 is 5.92 Å². The highest BCUT2D eigenvalue weighted by Gasteiger charge is 2.37. The lowest BCUT2D eigenvalue weighted by Gasteiger charge is -2.25. The molecule has 0 unspecified atom stereocenters. The van der Waals surface area contributed by atoms with Gasteiger partial charge in [-0.05, 0) is 48.9 Å². The van der Waals surface area contributed by atoms with E-state index >= 15 is 0 Å².